The lowest BCUT2D eigenvalue weighted by Gasteiger charge is -2.41. The summed E-state index contributed by atoms with van der Waals surface area (Å²) in [7, 11) is 1.66. The van der Waals surface area contributed by atoms with Crippen molar-refractivity contribution in [2.24, 2.45) is 10.8 Å². The van der Waals surface area contributed by atoms with E-state index in [9.17, 15) is 38.4 Å². The number of fused-ring (bicyclic) bond motifs is 4. The number of likely N-dealkylation sites (N-methyl/N-ethyl adjacent to an activating group) is 1. The molecule has 4 aromatic carbocycles. The Kier molecular flexibility index (Phi) is 17.7. The highest BCUT2D eigenvalue weighted by atomic mass is 32.1. The highest BCUT2D eigenvalue weighted by Gasteiger charge is 2.47. The van der Waals surface area contributed by atoms with Gasteiger partial charge in [-0.15, -0.1) is 0 Å². The lowest BCUT2D eigenvalue weighted by atomic mass is 9.83. The van der Waals surface area contributed by atoms with Crippen LogP contribution in [0.3, 0.4) is 0 Å². The summed E-state index contributed by atoms with van der Waals surface area (Å²) in [6.07, 6.45) is 5.69. The first kappa shape index (κ1) is 59.1. The van der Waals surface area contributed by atoms with E-state index in [0.717, 1.165) is 55.2 Å². The quantitative estimate of drug-likeness (QED) is 0.0568. The molecule has 18 nitrogen and oxygen atoms in total. The van der Waals surface area contributed by atoms with Crippen LogP contribution in [0.15, 0.2) is 84.9 Å². The fourth-order valence-electron chi connectivity index (χ4n) is 11.8. The van der Waals surface area contributed by atoms with Crippen LogP contribution in [-0.4, -0.2) is 112 Å². The fourth-order valence-corrected chi connectivity index (χ4v) is 12.7. The monoisotopic (exact) mass is 1130 g/mol. The highest BCUT2D eigenvalue weighted by molar-refractivity contribution is 7.22. The largest absolute Gasteiger partial charge is 0.347 e. The number of hydrogen-bond acceptors (Lipinski definition) is 11. The van der Waals surface area contributed by atoms with Gasteiger partial charge >= 0.3 is 0 Å². The van der Waals surface area contributed by atoms with Crippen LogP contribution in [-0.2, 0) is 54.6 Å². The van der Waals surface area contributed by atoms with Gasteiger partial charge in [0.2, 0.25) is 35.4 Å². The van der Waals surface area contributed by atoms with Gasteiger partial charge in [0.15, 0.2) is 5.13 Å². The molecule has 7 N–H and O–H groups in total. The third-order valence-electron chi connectivity index (χ3n) is 16.6. The summed E-state index contributed by atoms with van der Waals surface area (Å²) in [5, 5.41) is 21.6. The third kappa shape index (κ3) is 13.1. The second-order valence-electron chi connectivity index (χ2n) is 24.6. The van der Waals surface area contributed by atoms with Crippen molar-refractivity contribution in [1.29, 1.82) is 0 Å². The number of nitrogens with one attached hydrogen (secondary N) is 7. The van der Waals surface area contributed by atoms with E-state index >= 15 is 0 Å². The first-order valence-corrected chi connectivity index (χ1v) is 29.6. The fraction of sp³-hybridized carbons (Fsp3) is 0.476. The van der Waals surface area contributed by atoms with Gasteiger partial charge in [0.25, 0.3) is 11.8 Å². The number of carbonyl (C=O) groups excluding carboxylic acids is 8. The van der Waals surface area contributed by atoms with E-state index in [1.807, 2.05) is 84.0 Å². The van der Waals surface area contributed by atoms with Crippen LogP contribution in [0, 0.1) is 10.8 Å². The van der Waals surface area contributed by atoms with Crippen LogP contribution in [0.25, 0.3) is 10.2 Å². The van der Waals surface area contributed by atoms with Crippen LogP contribution in [0.4, 0.5) is 5.13 Å². The Bertz CT molecular complexity index is 3290. The van der Waals surface area contributed by atoms with Crippen LogP contribution < -0.4 is 37.2 Å². The summed E-state index contributed by atoms with van der Waals surface area (Å²) in [4.78, 5) is 120. The number of likely N-dealkylation sites (tertiary alicyclic amines) is 1. The molecule has 0 radical (unpaired) electrons. The summed E-state index contributed by atoms with van der Waals surface area (Å²) in [5.41, 5.74) is 5.64. The number of amides is 8. The van der Waals surface area contributed by atoms with Crippen molar-refractivity contribution >= 4 is 73.9 Å². The van der Waals surface area contributed by atoms with Crippen LogP contribution in [0.2, 0.25) is 0 Å². The number of hydrogen-bond donors (Lipinski definition) is 7. The normalized spacial score (nSPS) is 20.7. The molecular weight excluding hydrogens is 1060 g/mol. The van der Waals surface area contributed by atoms with Crippen molar-refractivity contribution in [2.45, 2.75) is 168 Å². The van der Waals surface area contributed by atoms with Gasteiger partial charge in [-0.05, 0) is 133 Å². The summed E-state index contributed by atoms with van der Waals surface area (Å²) in [5.74, 6) is -2.96. The van der Waals surface area contributed by atoms with Crippen molar-refractivity contribution in [1.82, 2.24) is 46.7 Å². The van der Waals surface area contributed by atoms with Crippen molar-refractivity contribution in [3.63, 3.8) is 0 Å². The molecule has 9 rings (SSSR count). The molecule has 0 spiro atoms. The Morgan fingerprint density at radius 3 is 1.84 bits per heavy atom. The first-order valence-electron chi connectivity index (χ1n) is 28.8. The van der Waals surface area contributed by atoms with E-state index in [-0.39, 0.29) is 84.7 Å². The van der Waals surface area contributed by atoms with E-state index < -0.39 is 64.8 Å². The maximum Gasteiger partial charge on any atom is 0.257 e. The van der Waals surface area contributed by atoms with Crippen LogP contribution >= 0.6 is 11.3 Å². The molecule has 1 aromatic heterocycles. The van der Waals surface area contributed by atoms with Gasteiger partial charge in [0.05, 0.1) is 28.3 Å². The summed E-state index contributed by atoms with van der Waals surface area (Å²) in [6, 6.07) is 21.1. The molecule has 8 atom stereocenters. The van der Waals surface area contributed by atoms with Gasteiger partial charge in [0.1, 0.15) is 24.2 Å². The molecule has 2 aliphatic heterocycles. The Labute approximate surface area is 484 Å². The summed E-state index contributed by atoms with van der Waals surface area (Å²) < 4.78 is 0.706. The summed E-state index contributed by atoms with van der Waals surface area (Å²) in [6.45, 7) is 14.7. The van der Waals surface area contributed by atoms with Gasteiger partial charge < -0.3 is 41.7 Å². The molecule has 19 heteroatoms. The molecule has 5 aromatic rings. The SMILES string of the molecule is CCC(=O)NC(C(=O)N1Cc2cc(C(=O)Nc3nc4cc(C(=O)NC5CC(C(=O)NC6CCCc7ccccc76)N(C(=O)C(NC(=O)C(C)NC)C(C)(C)C)C5)ccc4s3)ccc2CC1C(=O)NC1CCCc2ccccc21)C(C)(C)C. The molecule has 4 aliphatic rings. The molecule has 0 bridgehead atoms. The van der Waals surface area contributed by atoms with Gasteiger partial charge in [-0.3, -0.25) is 43.7 Å². The number of anilines is 1. The van der Waals surface area contributed by atoms with Gasteiger partial charge in [-0.1, -0.05) is 114 Å². The minimum atomic E-state index is -0.975. The van der Waals surface area contributed by atoms with E-state index in [1.54, 1.807) is 56.1 Å². The minimum absolute atomic E-state index is 0.0275. The Morgan fingerprint density at radius 2 is 1.23 bits per heavy atom. The molecular formula is C63H78N10O8S. The predicted molar refractivity (Wildman–Crippen MR) is 316 cm³/mol. The summed E-state index contributed by atoms with van der Waals surface area (Å²) >= 11 is 1.23. The van der Waals surface area contributed by atoms with Crippen molar-refractivity contribution < 1.29 is 38.4 Å². The Hall–Kier alpha value is -7.51. The minimum Gasteiger partial charge on any atom is -0.347 e. The Morgan fingerprint density at radius 1 is 0.659 bits per heavy atom. The molecule has 8 amide bonds. The molecule has 1 saturated heterocycles. The van der Waals surface area contributed by atoms with E-state index in [1.165, 1.54) is 27.4 Å². The topological polar surface area (TPSA) is 240 Å². The first-order chi connectivity index (χ1) is 39.0. The lowest BCUT2D eigenvalue weighted by Crippen LogP contribution is -2.60. The van der Waals surface area contributed by atoms with Gasteiger partial charge in [-0.25, -0.2) is 4.98 Å². The molecule has 434 valence electrons. The van der Waals surface area contributed by atoms with Gasteiger partial charge in [-0.2, -0.15) is 0 Å². The van der Waals surface area contributed by atoms with E-state index in [4.69, 9.17) is 4.98 Å². The standard InChI is InChI=1S/C63H78N10O8S/c1-10-51(74)69-52(62(3,4)5)59(80)72-33-41-29-39(26-25-38(41)31-48(72)57(78)66-45-23-15-19-36-17-11-13-21-43(36)45)56(77)71-61-68-47-30-40(27-28-50(47)82-61)55(76)65-42-32-49(58(79)67-46-24-16-20-37-18-12-14-22-44(37)46)73(34-42)60(81)53(63(6,7)8)70-54(75)35(2)64-9/h11-14,17-18,21-22,25-30,35,42,45-46,48-49,52-53,64H,10,15-16,19-20,23-24,31-34H2,1-9H3,(H,65,76)(H,66,78)(H,67,79)(H,69,74)(H,70,75)(H,68,71,77). The number of rotatable bonds is 15. The highest BCUT2D eigenvalue weighted by Crippen LogP contribution is 2.35. The second-order valence-corrected chi connectivity index (χ2v) is 25.6. The van der Waals surface area contributed by atoms with E-state index in [0.29, 0.717) is 21.3 Å². The zero-order valence-electron chi connectivity index (χ0n) is 48.5. The number of thiazole rings is 1. The number of aromatic nitrogens is 1. The van der Waals surface area contributed by atoms with Crippen LogP contribution in [0.5, 0.6) is 0 Å². The molecule has 0 saturated carbocycles. The maximum absolute atomic E-state index is 14.8. The number of aryl methyl sites for hydroxylation is 2. The predicted octanol–water partition coefficient (Wildman–Crippen LogP) is 6.97. The number of benzene rings is 4. The van der Waals surface area contributed by atoms with Crippen molar-refractivity contribution in [2.75, 3.05) is 18.9 Å². The molecule has 8 unspecified atom stereocenters. The zero-order valence-corrected chi connectivity index (χ0v) is 49.3. The van der Waals surface area contributed by atoms with Crippen molar-refractivity contribution in [3.8, 4) is 0 Å². The second kappa shape index (κ2) is 24.5. The zero-order chi connectivity index (χ0) is 58.8. The van der Waals surface area contributed by atoms with Crippen molar-refractivity contribution in [3.05, 3.63) is 129 Å². The Balaban J connectivity index is 0.908. The van der Waals surface area contributed by atoms with Crippen LogP contribution in [0.1, 0.15) is 160 Å². The smallest absolute Gasteiger partial charge is 0.257 e. The molecule has 1 fully saturated rings. The number of nitrogens with zero attached hydrogens (tertiary/aromatic N) is 3. The molecule has 2 aliphatic carbocycles. The average Bonchev–Trinajstić information content (AvgIpc) is 3.69. The third-order valence-corrected chi connectivity index (χ3v) is 17.6. The number of carbonyl (C=O) groups is 8. The maximum atomic E-state index is 14.8. The molecule has 82 heavy (non-hydrogen) atoms. The lowest BCUT2D eigenvalue weighted by molar-refractivity contribution is -0.147. The van der Waals surface area contributed by atoms with E-state index in [2.05, 4.69) is 49.4 Å². The average molecular weight is 1140 g/mol. The van der Waals surface area contributed by atoms with Gasteiger partial charge in [0, 0.05) is 43.1 Å². The molecule has 3 heterocycles.